The van der Waals surface area contributed by atoms with Gasteiger partial charge in [0.25, 0.3) is 0 Å². The molecule has 20 heavy (non-hydrogen) atoms. The zero-order valence-corrected chi connectivity index (χ0v) is 12.5. The van der Waals surface area contributed by atoms with Crippen molar-refractivity contribution >= 4 is 0 Å². The maximum Gasteiger partial charge on any atom is 0.0180 e. The summed E-state index contributed by atoms with van der Waals surface area (Å²) >= 11 is 0. The van der Waals surface area contributed by atoms with Crippen LogP contribution in [0, 0.1) is 0 Å². The predicted molar refractivity (Wildman–Crippen MR) is 81.1 cm³/mol. The van der Waals surface area contributed by atoms with Crippen molar-refractivity contribution in [2.45, 2.75) is 13.1 Å². The second-order valence-electron chi connectivity index (χ2n) is 4.34. The Kier molecular flexibility index (Phi) is 8.41. The summed E-state index contributed by atoms with van der Waals surface area (Å²) in [5, 5.41) is 3.40. The van der Waals surface area contributed by atoms with Crippen LogP contribution in [0.4, 0.5) is 0 Å². The molecular weight excluding hydrogens is 286 g/mol. The molecule has 0 aromatic heterocycles. The molecule has 0 aliphatic rings. The molecule has 0 unspecified atom stereocenters. The maximum absolute atomic E-state index is 3.40. The molecule has 0 saturated carbocycles. The van der Waals surface area contributed by atoms with Gasteiger partial charge in [0.2, 0.25) is 0 Å². The average Bonchev–Trinajstić information content (AvgIpc) is 3.16. The van der Waals surface area contributed by atoms with Gasteiger partial charge in [0.15, 0.2) is 0 Å². The van der Waals surface area contributed by atoms with Crippen molar-refractivity contribution in [1.29, 1.82) is 0 Å². The molecule has 0 spiro atoms. The minimum atomic E-state index is 0. The fourth-order valence-corrected chi connectivity index (χ4v) is 1.80. The molecule has 0 heterocycles. The van der Waals surface area contributed by atoms with E-state index in [1.807, 2.05) is 36.4 Å². The Morgan fingerprint density at radius 2 is 1.55 bits per heavy atom. The van der Waals surface area contributed by atoms with Crippen LogP contribution in [-0.2, 0) is 30.2 Å². The minimum Gasteiger partial charge on any atom is -0.748 e. The fraction of sp³-hybridized carbons (Fsp3) is 0.111. The molecule has 1 N–H and O–H groups in total. The molecule has 0 bridgehead atoms. The average molecular weight is 305 g/mol. The summed E-state index contributed by atoms with van der Waals surface area (Å²) < 4.78 is 0. The van der Waals surface area contributed by atoms with E-state index in [1.165, 1.54) is 11.1 Å². The molecule has 0 amide bonds. The van der Waals surface area contributed by atoms with Gasteiger partial charge in [-0.3, -0.25) is 0 Å². The zero-order chi connectivity index (χ0) is 13.2. The maximum atomic E-state index is 3.40. The van der Waals surface area contributed by atoms with Gasteiger partial charge in [-0.05, 0) is 5.56 Å². The van der Waals surface area contributed by atoms with E-state index >= 15 is 0 Å². The molecule has 3 aromatic carbocycles. The third-order valence-corrected chi connectivity index (χ3v) is 2.79. The van der Waals surface area contributed by atoms with Crippen LogP contribution in [0.1, 0.15) is 11.1 Å². The van der Waals surface area contributed by atoms with E-state index in [9.17, 15) is 0 Å². The third-order valence-electron chi connectivity index (χ3n) is 2.79. The molecule has 0 aliphatic carbocycles. The molecular formula is C18H19FeN-6. The van der Waals surface area contributed by atoms with E-state index in [4.69, 9.17) is 0 Å². The van der Waals surface area contributed by atoms with Crippen LogP contribution in [0.2, 0.25) is 0 Å². The van der Waals surface area contributed by atoms with Crippen molar-refractivity contribution in [3.63, 3.8) is 0 Å². The summed E-state index contributed by atoms with van der Waals surface area (Å²) in [5.74, 6) is 0. The van der Waals surface area contributed by atoms with Gasteiger partial charge in [-0.25, -0.2) is 12.1 Å². The van der Waals surface area contributed by atoms with E-state index in [-0.39, 0.29) is 17.1 Å². The summed E-state index contributed by atoms with van der Waals surface area (Å²) in [5.41, 5.74) is 2.68. The van der Waals surface area contributed by atoms with Gasteiger partial charge in [-0.2, -0.15) is 24.7 Å². The molecule has 110 valence electrons. The first-order valence-corrected chi connectivity index (χ1v) is 6.57. The topological polar surface area (TPSA) is 12.0 Å². The molecule has 3 aromatic rings. The summed E-state index contributed by atoms with van der Waals surface area (Å²) in [6, 6.07) is 28.9. The Labute approximate surface area is 131 Å². The molecule has 1 nitrogen and oxygen atoms in total. The number of hydrogen-bond acceptors (Lipinski definition) is 1. The van der Waals surface area contributed by atoms with Crippen molar-refractivity contribution in [2.24, 2.45) is 0 Å². The van der Waals surface area contributed by atoms with Crippen LogP contribution in [0.3, 0.4) is 0 Å². The summed E-state index contributed by atoms with van der Waals surface area (Å²) in [6.07, 6.45) is 0. The Balaban J connectivity index is 0.000000283. The molecule has 0 saturated heterocycles. The van der Waals surface area contributed by atoms with E-state index in [0.717, 1.165) is 13.1 Å². The fourth-order valence-electron chi connectivity index (χ4n) is 1.80. The van der Waals surface area contributed by atoms with Crippen LogP contribution in [0.5, 0.6) is 0 Å². The monoisotopic (exact) mass is 305 g/mol. The van der Waals surface area contributed by atoms with Gasteiger partial charge in [0, 0.05) is 23.6 Å². The summed E-state index contributed by atoms with van der Waals surface area (Å²) in [7, 11) is 0. The first-order valence-electron chi connectivity index (χ1n) is 6.57. The SMILES string of the molecule is [Fe].c1cc[cH-]c1.c1ccc(CNC[c-]2[cH-][cH-][cH-][cH-]2)cc1. The van der Waals surface area contributed by atoms with Crippen LogP contribution >= 0.6 is 0 Å². The van der Waals surface area contributed by atoms with E-state index in [2.05, 4.69) is 53.8 Å². The van der Waals surface area contributed by atoms with E-state index in [1.54, 1.807) is 0 Å². The quantitative estimate of drug-likeness (QED) is 0.565. The first kappa shape index (κ1) is 16.5. The Morgan fingerprint density at radius 3 is 2.10 bits per heavy atom. The van der Waals surface area contributed by atoms with Crippen LogP contribution < -0.4 is 5.32 Å². The van der Waals surface area contributed by atoms with Crippen molar-refractivity contribution < 1.29 is 17.1 Å². The molecule has 0 atom stereocenters. The van der Waals surface area contributed by atoms with Crippen LogP contribution in [0.15, 0.2) is 84.9 Å². The normalized spacial score (nSPS) is 9.20. The summed E-state index contributed by atoms with van der Waals surface area (Å²) in [4.78, 5) is 0. The number of hydrogen-bond donors (Lipinski definition) is 1. The molecule has 3 rings (SSSR count). The van der Waals surface area contributed by atoms with Gasteiger partial charge in [0.05, 0.1) is 0 Å². The van der Waals surface area contributed by atoms with Crippen LogP contribution in [0.25, 0.3) is 0 Å². The Bertz CT molecular complexity index is 495. The predicted octanol–water partition coefficient (Wildman–Crippen LogP) is 4.10. The molecule has 0 fully saturated rings. The molecule has 2 heteroatoms. The van der Waals surface area contributed by atoms with Crippen LogP contribution in [-0.4, -0.2) is 0 Å². The largest absolute Gasteiger partial charge is 0.748 e. The second-order valence-corrected chi connectivity index (χ2v) is 4.34. The summed E-state index contributed by atoms with van der Waals surface area (Å²) in [6.45, 7) is 1.88. The van der Waals surface area contributed by atoms with Crippen molar-refractivity contribution in [3.05, 3.63) is 96.1 Å². The smallest absolute Gasteiger partial charge is 0.0180 e. The third kappa shape index (κ3) is 6.53. The number of rotatable bonds is 4. The number of benzene rings is 1. The van der Waals surface area contributed by atoms with Gasteiger partial charge >= 0.3 is 0 Å². The number of nitrogens with one attached hydrogen (secondary N) is 1. The second kappa shape index (κ2) is 10.2. The van der Waals surface area contributed by atoms with E-state index in [0.29, 0.717) is 0 Å². The zero-order valence-electron chi connectivity index (χ0n) is 11.4. The molecule has 0 radical (unpaired) electrons. The van der Waals surface area contributed by atoms with Gasteiger partial charge < -0.3 is 35.1 Å². The Hall–Kier alpha value is -1.60. The van der Waals surface area contributed by atoms with Crippen molar-refractivity contribution in [2.75, 3.05) is 0 Å². The first-order chi connectivity index (χ1) is 9.45. The minimum absolute atomic E-state index is 0. The standard InChI is InChI=1S/C13H14N.C5H5.Fe/c1-2-6-12(7-3-1)10-14-11-13-8-4-5-9-13;1-2-4-5-3-1;/h1-9,14H,10-11H2;1-5H;/q-5;-1;. The van der Waals surface area contributed by atoms with Gasteiger partial charge in [0.1, 0.15) is 0 Å². The van der Waals surface area contributed by atoms with Crippen molar-refractivity contribution in [1.82, 2.24) is 5.32 Å². The van der Waals surface area contributed by atoms with Gasteiger partial charge in [-0.15, -0.1) is 0 Å². The van der Waals surface area contributed by atoms with Gasteiger partial charge in [-0.1, -0.05) is 30.3 Å². The van der Waals surface area contributed by atoms with Crippen molar-refractivity contribution in [3.8, 4) is 0 Å². The Morgan fingerprint density at radius 1 is 0.900 bits per heavy atom. The van der Waals surface area contributed by atoms with E-state index < -0.39 is 0 Å². The molecule has 0 aliphatic heterocycles.